The fourth-order valence-electron chi connectivity index (χ4n) is 2.16. The minimum absolute atomic E-state index is 0.483. The average molecular weight is 251 g/mol. The molecule has 0 radical (unpaired) electrons. The summed E-state index contributed by atoms with van der Waals surface area (Å²) in [4.78, 5) is 9.47. The van der Waals surface area contributed by atoms with Gasteiger partial charge in [-0.05, 0) is 11.7 Å². The number of thioether (sulfide) groups is 1. The van der Waals surface area contributed by atoms with Crippen molar-refractivity contribution in [1.82, 2.24) is 15.3 Å². The first-order valence-electron chi connectivity index (χ1n) is 6.39. The molecule has 0 atom stereocenters. The van der Waals surface area contributed by atoms with Gasteiger partial charge in [0.05, 0.1) is 17.1 Å². The highest BCUT2D eigenvalue weighted by molar-refractivity contribution is 7.98. The molecular weight excluding hydrogens is 230 g/mol. The van der Waals surface area contributed by atoms with Crippen molar-refractivity contribution in [3.8, 4) is 0 Å². The summed E-state index contributed by atoms with van der Waals surface area (Å²) >= 11 is 1.89. The smallest absolute Gasteiger partial charge is 0.138 e. The van der Waals surface area contributed by atoms with E-state index in [2.05, 4.69) is 26.1 Å². The lowest BCUT2D eigenvalue weighted by atomic mass is 9.98. The lowest BCUT2D eigenvalue weighted by Crippen LogP contribution is -2.27. The zero-order chi connectivity index (χ0) is 12.3. The molecule has 1 aliphatic rings. The Hall–Kier alpha value is -0.610. The van der Waals surface area contributed by atoms with Crippen LogP contribution in [-0.2, 0) is 18.7 Å². The van der Waals surface area contributed by atoms with Crippen molar-refractivity contribution in [3.63, 3.8) is 0 Å². The number of fused-ring (bicyclic) bond motifs is 1. The molecule has 3 nitrogen and oxygen atoms in total. The van der Waals surface area contributed by atoms with Crippen LogP contribution < -0.4 is 5.32 Å². The maximum atomic E-state index is 4.75. The van der Waals surface area contributed by atoms with Crippen molar-refractivity contribution in [2.24, 2.45) is 0 Å². The molecule has 0 spiro atoms. The zero-order valence-corrected chi connectivity index (χ0v) is 11.7. The number of hydrogen-bond acceptors (Lipinski definition) is 4. The van der Waals surface area contributed by atoms with Crippen LogP contribution >= 0.6 is 11.8 Å². The summed E-state index contributed by atoms with van der Waals surface area (Å²) in [7, 11) is 0. The van der Waals surface area contributed by atoms with Gasteiger partial charge >= 0.3 is 0 Å². The normalized spacial score (nSPS) is 15.1. The van der Waals surface area contributed by atoms with Gasteiger partial charge in [0, 0.05) is 25.1 Å². The Bertz CT molecular complexity index is 390. The second-order valence-corrected chi connectivity index (χ2v) is 5.94. The van der Waals surface area contributed by atoms with Gasteiger partial charge in [-0.2, -0.15) is 11.8 Å². The average Bonchev–Trinajstić information content (AvgIpc) is 2.35. The van der Waals surface area contributed by atoms with Gasteiger partial charge in [-0.1, -0.05) is 20.8 Å². The molecule has 0 saturated heterocycles. The van der Waals surface area contributed by atoms with Crippen molar-refractivity contribution in [2.45, 2.75) is 45.4 Å². The molecule has 0 bridgehead atoms. The molecule has 0 aromatic carbocycles. The SMILES string of the molecule is CCSCc1nc2c(c(C(C)C)n1)CNCC2. The lowest BCUT2D eigenvalue weighted by molar-refractivity contribution is 0.603. The quantitative estimate of drug-likeness (QED) is 0.892. The summed E-state index contributed by atoms with van der Waals surface area (Å²) < 4.78 is 0. The van der Waals surface area contributed by atoms with Crippen LogP contribution in [0.2, 0.25) is 0 Å². The lowest BCUT2D eigenvalue weighted by Gasteiger charge is -2.21. The Balaban J connectivity index is 2.34. The first kappa shape index (κ1) is 12.8. The summed E-state index contributed by atoms with van der Waals surface area (Å²) in [6, 6.07) is 0. The molecule has 0 saturated carbocycles. The van der Waals surface area contributed by atoms with Crippen molar-refractivity contribution < 1.29 is 0 Å². The van der Waals surface area contributed by atoms with Gasteiger partial charge in [-0.3, -0.25) is 0 Å². The Morgan fingerprint density at radius 3 is 2.88 bits per heavy atom. The summed E-state index contributed by atoms with van der Waals surface area (Å²) in [5.41, 5.74) is 3.86. The third kappa shape index (κ3) is 2.99. The van der Waals surface area contributed by atoms with E-state index in [1.165, 1.54) is 17.0 Å². The Morgan fingerprint density at radius 2 is 2.18 bits per heavy atom. The van der Waals surface area contributed by atoms with E-state index in [0.29, 0.717) is 5.92 Å². The van der Waals surface area contributed by atoms with E-state index in [0.717, 1.165) is 36.8 Å². The van der Waals surface area contributed by atoms with Crippen LogP contribution in [0.5, 0.6) is 0 Å². The molecule has 0 unspecified atom stereocenters. The van der Waals surface area contributed by atoms with E-state index < -0.39 is 0 Å². The second-order valence-electron chi connectivity index (χ2n) is 4.67. The third-order valence-electron chi connectivity index (χ3n) is 2.99. The van der Waals surface area contributed by atoms with E-state index in [1.54, 1.807) is 0 Å². The molecule has 0 aliphatic carbocycles. The van der Waals surface area contributed by atoms with Crippen LogP contribution in [0.3, 0.4) is 0 Å². The predicted molar refractivity (Wildman–Crippen MR) is 73.4 cm³/mol. The van der Waals surface area contributed by atoms with Gasteiger partial charge < -0.3 is 5.32 Å². The molecule has 1 aromatic rings. The largest absolute Gasteiger partial charge is 0.312 e. The predicted octanol–water partition coefficient (Wildman–Crippen LogP) is 2.50. The van der Waals surface area contributed by atoms with Gasteiger partial charge in [-0.15, -0.1) is 0 Å². The molecule has 17 heavy (non-hydrogen) atoms. The summed E-state index contributed by atoms with van der Waals surface area (Å²) in [5, 5.41) is 3.41. The molecule has 1 aliphatic heterocycles. The molecule has 2 heterocycles. The standard InChI is InChI=1S/C13H21N3S/c1-4-17-8-12-15-11-5-6-14-7-10(11)13(16-12)9(2)3/h9,14H,4-8H2,1-3H3. The van der Waals surface area contributed by atoms with Gasteiger partial charge in [-0.25, -0.2) is 9.97 Å². The molecule has 1 N–H and O–H groups in total. The zero-order valence-electron chi connectivity index (χ0n) is 10.9. The maximum absolute atomic E-state index is 4.75. The molecule has 0 fully saturated rings. The number of nitrogens with zero attached hydrogens (tertiary/aromatic N) is 2. The van der Waals surface area contributed by atoms with Crippen LogP contribution in [-0.4, -0.2) is 22.3 Å². The topological polar surface area (TPSA) is 37.8 Å². The van der Waals surface area contributed by atoms with Gasteiger partial charge in [0.1, 0.15) is 5.82 Å². The molecule has 4 heteroatoms. The van der Waals surface area contributed by atoms with E-state index in [4.69, 9.17) is 9.97 Å². The van der Waals surface area contributed by atoms with E-state index in [-0.39, 0.29) is 0 Å². The number of hydrogen-bond donors (Lipinski definition) is 1. The second kappa shape index (κ2) is 5.83. The van der Waals surface area contributed by atoms with Gasteiger partial charge in [0.15, 0.2) is 0 Å². The highest BCUT2D eigenvalue weighted by atomic mass is 32.2. The maximum Gasteiger partial charge on any atom is 0.138 e. The van der Waals surface area contributed by atoms with Crippen molar-refractivity contribution in [3.05, 3.63) is 22.8 Å². The number of nitrogens with one attached hydrogen (secondary N) is 1. The Kier molecular flexibility index (Phi) is 4.40. The highest BCUT2D eigenvalue weighted by Gasteiger charge is 2.18. The minimum atomic E-state index is 0.483. The fraction of sp³-hybridized carbons (Fsp3) is 0.692. The first-order valence-corrected chi connectivity index (χ1v) is 7.54. The van der Waals surface area contributed by atoms with Gasteiger partial charge in [0.2, 0.25) is 0 Å². The summed E-state index contributed by atoms with van der Waals surface area (Å²) in [5.74, 6) is 3.56. The van der Waals surface area contributed by atoms with Crippen LogP contribution in [0, 0.1) is 0 Å². The van der Waals surface area contributed by atoms with Crippen molar-refractivity contribution in [1.29, 1.82) is 0 Å². The van der Waals surface area contributed by atoms with Gasteiger partial charge in [0.25, 0.3) is 0 Å². The Labute approximate surface area is 108 Å². The number of rotatable bonds is 4. The van der Waals surface area contributed by atoms with E-state index >= 15 is 0 Å². The highest BCUT2D eigenvalue weighted by Crippen LogP contribution is 2.23. The van der Waals surface area contributed by atoms with Crippen molar-refractivity contribution in [2.75, 3.05) is 12.3 Å². The van der Waals surface area contributed by atoms with Crippen LogP contribution in [0.4, 0.5) is 0 Å². The third-order valence-corrected chi connectivity index (χ3v) is 3.86. The molecule has 1 aromatic heterocycles. The molecule has 94 valence electrons. The summed E-state index contributed by atoms with van der Waals surface area (Å²) in [6.45, 7) is 8.59. The van der Waals surface area contributed by atoms with Crippen molar-refractivity contribution >= 4 is 11.8 Å². The Morgan fingerprint density at radius 1 is 1.35 bits per heavy atom. The minimum Gasteiger partial charge on any atom is -0.312 e. The molecular formula is C13H21N3S. The monoisotopic (exact) mass is 251 g/mol. The van der Waals surface area contributed by atoms with E-state index in [9.17, 15) is 0 Å². The van der Waals surface area contributed by atoms with Crippen LogP contribution in [0.15, 0.2) is 0 Å². The van der Waals surface area contributed by atoms with Crippen LogP contribution in [0.25, 0.3) is 0 Å². The van der Waals surface area contributed by atoms with E-state index in [1.807, 2.05) is 11.8 Å². The first-order chi connectivity index (χ1) is 8.22. The fourth-order valence-corrected chi connectivity index (χ4v) is 2.67. The summed E-state index contributed by atoms with van der Waals surface area (Å²) in [6.07, 6.45) is 1.04. The molecule has 0 amide bonds. The molecule has 2 rings (SSSR count). The van der Waals surface area contributed by atoms with Crippen LogP contribution in [0.1, 0.15) is 49.5 Å². The number of aromatic nitrogens is 2.